The van der Waals surface area contributed by atoms with Crippen molar-refractivity contribution in [3.63, 3.8) is 0 Å². The summed E-state index contributed by atoms with van der Waals surface area (Å²) in [4.78, 5) is 0. The third-order valence-electron chi connectivity index (χ3n) is 3.87. The second-order valence-corrected chi connectivity index (χ2v) is 5.34. The fourth-order valence-electron chi connectivity index (χ4n) is 2.79. The molecule has 0 saturated heterocycles. The lowest BCUT2D eigenvalue weighted by Crippen LogP contribution is -2.58. The Morgan fingerprint density at radius 3 is 0.800 bits per heavy atom. The van der Waals surface area contributed by atoms with E-state index in [4.69, 9.17) is 0 Å². The minimum absolute atomic E-state index is 0.837. The Labute approximate surface area is 139 Å². The Balaban J connectivity index is 2.42. The standard InChI is InChI=1S/C18H9BF6/c20-10-4-1-5-11(21)16(10)19(17-12(22)6-2-7-13(17)23)18-14(24)8-3-9-15(18)25/h1-9H/q-1. The Bertz CT molecular complexity index is 758. The molecule has 3 rings (SSSR count). The predicted molar refractivity (Wildman–Crippen MR) is 83.7 cm³/mol. The molecule has 0 nitrogen and oxygen atoms in total. The van der Waals surface area contributed by atoms with Gasteiger partial charge in [0.15, 0.2) is 0 Å². The third-order valence-corrected chi connectivity index (χ3v) is 3.87. The van der Waals surface area contributed by atoms with Gasteiger partial charge in [-0.1, -0.05) is 18.2 Å². The second kappa shape index (κ2) is 6.66. The van der Waals surface area contributed by atoms with Crippen LogP contribution in [0.3, 0.4) is 0 Å². The van der Waals surface area contributed by atoms with Crippen molar-refractivity contribution in [2.45, 2.75) is 0 Å². The molecule has 0 heterocycles. The van der Waals surface area contributed by atoms with Crippen molar-refractivity contribution in [1.29, 1.82) is 0 Å². The average Bonchev–Trinajstić information content (AvgIpc) is 2.53. The monoisotopic (exact) mass is 350 g/mol. The van der Waals surface area contributed by atoms with Gasteiger partial charge in [0, 0.05) is 0 Å². The smallest absolute Gasteiger partial charge is 0.0882 e. The molecule has 0 aliphatic rings. The first-order valence-corrected chi connectivity index (χ1v) is 7.23. The van der Waals surface area contributed by atoms with Gasteiger partial charge in [-0.05, 0) is 43.1 Å². The topological polar surface area (TPSA) is 0 Å². The molecule has 0 unspecified atom stereocenters. The van der Waals surface area contributed by atoms with Crippen LogP contribution in [0.15, 0.2) is 54.6 Å². The normalized spacial score (nSPS) is 11.2. The lowest BCUT2D eigenvalue weighted by Gasteiger charge is -2.32. The van der Waals surface area contributed by atoms with Gasteiger partial charge in [-0.15, -0.1) is 0 Å². The van der Waals surface area contributed by atoms with Crippen LogP contribution in [0.4, 0.5) is 26.3 Å². The van der Waals surface area contributed by atoms with Crippen molar-refractivity contribution in [1.82, 2.24) is 0 Å². The van der Waals surface area contributed by atoms with Gasteiger partial charge in [-0.25, -0.2) is 26.3 Å². The van der Waals surface area contributed by atoms with Gasteiger partial charge in [0.1, 0.15) is 0 Å². The summed E-state index contributed by atoms with van der Waals surface area (Å²) in [5.41, 5.74) is -2.51. The van der Waals surface area contributed by atoms with Crippen LogP contribution in [0.2, 0.25) is 0 Å². The van der Waals surface area contributed by atoms with Gasteiger partial charge in [-0.2, -0.15) is 16.4 Å². The third kappa shape index (κ3) is 3.02. The van der Waals surface area contributed by atoms with E-state index < -0.39 is 58.0 Å². The summed E-state index contributed by atoms with van der Waals surface area (Å²) in [6.07, 6.45) is 0. The molecule has 3 aromatic carbocycles. The van der Waals surface area contributed by atoms with E-state index in [2.05, 4.69) is 0 Å². The maximum atomic E-state index is 14.3. The van der Waals surface area contributed by atoms with E-state index in [1.807, 2.05) is 0 Å². The predicted octanol–water partition coefficient (Wildman–Crippen LogP) is 3.04. The number of hydrogen-bond donors (Lipinski definition) is 0. The summed E-state index contributed by atoms with van der Waals surface area (Å²) in [7, 11) is 0. The Morgan fingerprint density at radius 1 is 0.400 bits per heavy atom. The molecule has 3 aromatic rings. The van der Waals surface area contributed by atoms with E-state index in [9.17, 15) is 26.3 Å². The molecule has 0 fully saturated rings. The van der Waals surface area contributed by atoms with Crippen LogP contribution in [0.5, 0.6) is 0 Å². The minimum atomic E-state index is -1.97. The Kier molecular flexibility index (Phi) is 4.57. The van der Waals surface area contributed by atoms with Crippen molar-refractivity contribution in [2.75, 3.05) is 0 Å². The fraction of sp³-hybridized carbons (Fsp3) is 0. The maximum Gasteiger partial charge on any atom is 0.0882 e. The summed E-state index contributed by atoms with van der Waals surface area (Å²) in [5, 5.41) is 0. The molecule has 0 bridgehead atoms. The van der Waals surface area contributed by atoms with Gasteiger partial charge in [0.05, 0.1) is 34.9 Å². The first-order chi connectivity index (χ1) is 11.9. The van der Waals surface area contributed by atoms with Gasteiger partial charge >= 0.3 is 0 Å². The summed E-state index contributed by atoms with van der Waals surface area (Å²) >= 11 is 0. The molecule has 0 aliphatic carbocycles. The van der Waals surface area contributed by atoms with E-state index in [1.54, 1.807) is 0 Å². The molecule has 0 aliphatic heterocycles. The maximum absolute atomic E-state index is 14.3. The Hall–Kier alpha value is -2.70. The van der Waals surface area contributed by atoms with Crippen molar-refractivity contribution in [3.05, 3.63) is 89.5 Å². The van der Waals surface area contributed by atoms with Crippen molar-refractivity contribution >= 4 is 23.1 Å². The number of benzene rings is 3. The average molecular weight is 350 g/mol. The van der Waals surface area contributed by atoms with E-state index in [-0.39, 0.29) is 0 Å². The molecular formula is C18H9BF6-. The van der Waals surface area contributed by atoms with Crippen molar-refractivity contribution in [3.8, 4) is 0 Å². The van der Waals surface area contributed by atoms with Crippen molar-refractivity contribution in [2.24, 2.45) is 0 Å². The molecule has 0 amide bonds. The molecule has 0 spiro atoms. The number of halogens is 6. The summed E-state index contributed by atoms with van der Waals surface area (Å²) < 4.78 is 85.6. The Morgan fingerprint density at radius 2 is 0.600 bits per heavy atom. The van der Waals surface area contributed by atoms with Crippen molar-refractivity contribution < 1.29 is 26.3 Å². The quantitative estimate of drug-likeness (QED) is 0.503. The highest BCUT2D eigenvalue weighted by Crippen LogP contribution is 2.10. The van der Waals surface area contributed by atoms with Crippen LogP contribution >= 0.6 is 0 Å². The zero-order chi connectivity index (χ0) is 18.1. The first-order valence-electron chi connectivity index (χ1n) is 7.23. The highest BCUT2D eigenvalue weighted by Gasteiger charge is 2.22. The largest absolute Gasteiger partial charge is 0.210 e. The SMILES string of the molecule is Fc1cccc(F)c1[B-](c1c(F)cccc1F)c1c(F)cccc1F. The van der Waals surface area contributed by atoms with Crippen LogP contribution in [0, 0.1) is 34.9 Å². The summed E-state index contributed by atoms with van der Waals surface area (Å²) in [6.45, 7) is -1.97. The van der Waals surface area contributed by atoms with E-state index in [0.717, 1.165) is 54.6 Å². The van der Waals surface area contributed by atoms with Gasteiger partial charge in [0.2, 0.25) is 0 Å². The van der Waals surface area contributed by atoms with Gasteiger partial charge in [-0.3, -0.25) is 0 Å². The minimum Gasteiger partial charge on any atom is -0.210 e. The van der Waals surface area contributed by atoms with Crippen LogP contribution in [0.1, 0.15) is 0 Å². The highest BCUT2D eigenvalue weighted by atomic mass is 19.2. The van der Waals surface area contributed by atoms with Crippen LogP contribution < -0.4 is 16.4 Å². The zero-order valence-electron chi connectivity index (χ0n) is 12.5. The lowest BCUT2D eigenvalue weighted by molar-refractivity contribution is 0.588. The highest BCUT2D eigenvalue weighted by molar-refractivity contribution is 6.95. The molecule has 127 valence electrons. The van der Waals surface area contributed by atoms with Crippen LogP contribution in [0.25, 0.3) is 0 Å². The zero-order valence-corrected chi connectivity index (χ0v) is 12.5. The molecule has 0 saturated carbocycles. The second-order valence-electron chi connectivity index (χ2n) is 5.34. The molecular weight excluding hydrogens is 341 g/mol. The lowest BCUT2D eigenvalue weighted by atomic mass is 9.36. The van der Waals surface area contributed by atoms with E-state index >= 15 is 0 Å². The van der Waals surface area contributed by atoms with E-state index in [0.29, 0.717) is 0 Å². The van der Waals surface area contributed by atoms with Gasteiger partial charge in [0.25, 0.3) is 0 Å². The first kappa shape index (κ1) is 17.1. The van der Waals surface area contributed by atoms with E-state index in [1.165, 1.54) is 0 Å². The fourth-order valence-corrected chi connectivity index (χ4v) is 2.79. The number of hydrogen-bond acceptors (Lipinski definition) is 0. The summed E-state index contributed by atoms with van der Waals surface area (Å²) in [6, 6.07) is 8.23. The molecule has 25 heavy (non-hydrogen) atoms. The van der Waals surface area contributed by atoms with Crippen LogP contribution in [-0.4, -0.2) is 6.71 Å². The molecule has 1 radical (unpaired) electrons. The van der Waals surface area contributed by atoms with Crippen LogP contribution in [-0.2, 0) is 0 Å². The molecule has 0 N–H and O–H groups in total. The van der Waals surface area contributed by atoms with Gasteiger partial charge < -0.3 is 0 Å². The molecule has 7 heteroatoms. The molecule has 0 atom stereocenters. The number of rotatable bonds is 3. The molecule has 0 aromatic heterocycles. The summed E-state index contributed by atoms with van der Waals surface area (Å²) in [5.74, 6) is -7.03.